The number of aryl methyl sites for hydroxylation is 1. The van der Waals surface area contributed by atoms with Gasteiger partial charge in [0.05, 0.1) is 0 Å². The Labute approximate surface area is 124 Å². The summed E-state index contributed by atoms with van der Waals surface area (Å²) in [5.74, 6) is -0.346. The molecule has 1 aromatic rings. The van der Waals surface area contributed by atoms with Gasteiger partial charge in [0.1, 0.15) is 11.9 Å². The second-order valence-electron chi connectivity index (χ2n) is 5.42. The van der Waals surface area contributed by atoms with Gasteiger partial charge in [-0.05, 0) is 43.0 Å². The van der Waals surface area contributed by atoms with Gasteiger partial charge in [0.15, 0.2) is 0 Å². The van der Waals surface area contributed by atoms with Crippen molar-refractivity contribution in [1.82, 2.24) is 10.2 Å². The van der Waals surface area contributed by atoms with Gasteiger partial charge in [-0.25, -0.2) is 4.39 Å². The predicted molar refractivity (Wildman–Crippen MR) is 78.3 cm³/mol. The fourth-order valence-electron chi connectivity index (χ4n) is 2.59. The molecule has 0 radical (unpaired) electrons. The third kappa shape index (κ3) is 3.80. The molecular formula is C16H21FN2O2. The van der Waals surface area contributed by atoms with E-state index in [4.69, 9.17) is 0 Å². The third-order valence-corrected chi connectivity index (χ3v) is 3.92. The largest absolute Gasteiger partial charge is 0.344 e. The standard InChI is InChI=1S/C16H21FN2O2/c1-3-14-16(21)19(9-7-15(20)18-14)8-6-12-4-5-13(17)10-11(12)2/h4-5,10,14H,3,6-9H2,1-2H3,(H,18,20). The van der Waals surface area contributed by atoms with Crippen molar-refractivity contribution in [2.45, 2.75) is 39.2 Å². The lowest BCUT2D eigenvalue weighted by Crippen LogP contribution is -2.44. The van der Waals surface area contributed by atoms with Gasteiger partial charge in [-0.15, -0.1) is 0 Å². The van der Waals surface area contributed by atoms with Crippen LogP contribution in [0.2, 0.25) is 0 Å². The molecule has 1 fully saturated rings. The third-order valence-electron chi connectivity index (χ3n) is 3.92. The van der Waals surface area contributed by atoms with E-state index in [1.165, 1.54) is 12.1 Å². The highest BCUT2D eigenvalue weighted by atomic mass is 19.1. The van der Waals surface area contributed by atoms with E-state index >= 15 is 0 Å². The number of hydrogen-bond donors (Lipinski definition) is 1. The van der Waals surface area contributed by atoms with Crippen molar-refractivity contribution < 1.29 is 14.0 Å². The average molecular weight is 292 g/mol. The number of benzene rings is 1. The normalized spacial score (nSPS) is 19.4. The molecule has 1 N–H and O–H groups in total. The predicted octanol–water partition coefficient (Wildman–Crippen LogP) is 1.80. The van der Waals surface area contributed by atoms with Crippen LogP contribution in [0.25, 0.3) is 0 Å². The molecule has 0 aromatic heterocycles. The Kier molecular flexibility index (Phi) is 4.94. The molecule has 5 heteroatoms. The number of nitrogens with one attached hydrogen (secondary N) is 1. The summed E-state index contributed by atoms with van der Waals surface area (Å²) < 4.78 is 13.1. The lowest BCUT2D eigenvalue weighted by atomic mass is 10.1. The zero-order valence-corrected chi connectivity index (χ0v) is 12.5. The van der Waals surface area contributed by atoms with Crippen LogP contribution in [0.15, 0.2) is 18.2 Å². The van der Waals surface area contributed by atoms with Crippen molar-refractivity contribution in [2.24, 2.45) is 0 Å². The quantitative estimate of drug-likeness (QED) is 0.920. The van der Waals surface area contributed by atoms with E-state index in [9.17, 15) is 14.0 Å². The molecule has 1 unspecified atom stereocenters. The number of amides is 2. The minimum absolute atomic E-state index is 0.0249. The van der Waals surface area contributed by atoms with Gasteiger partial charge in [0, 0.05) is 19.5 Å². The van der Waals surface area contributed by atoms with E-state index in [-0.39, 0.29) is 17.6 Å². The van der Waals surface area contributed by atoms with E-state index < -0.39 is 6.04 Å². The van der Waals surface area contributed by atoms with Crippen molar-refractivity contribution in [3.63, 3.8) is 0 Å². The number of carbonyl (C=O) groups excluding carboxylic acids is 2. The monoisotopic (exact) mass is 292 g/mol. The molecular weight excluding hydrogens is 271 g/mol. The molecule has 2 amide bonds. The fourth-order valence-corrected chi connectivity index (χ4v) is 2.59. The first-order valence-corrected chi connectivity index (χ1v) is 7.34. The van der Waals surface area contributed by atoms with Gasteiger partial charge in [0.2, 0.25) is 11.8 Å². The highest BCUT2D eigenvalue weighted by Gasteiger charge is 2.28. The first kappa shape index (κ1) is 15.5. The molecule has 0 saturated carbocycles. The average Bonchev–Trinajstić information content (AvgIpc) is 2.58. The van der Waals surface area contributed by atoms with Crippen molar-refractivity contribution in [2.75, 3.05) is 13.1 Å². The molecule has 1 atom stereocenters. The molecule has 114 valence electrons. The Morgan fingerprint density at radius 1 is 1.38 bits per heavy atom. The molecule has 0 spiro atoms. The molecule has 0 aliphatic carbocycles. The summed E-state index contributed by atoms with van der Waals surface area (Å²) in [4.78, 5) is 25.6. The van der Waals surface area contributed by atoms with Crippen LogP contribution in [0.3, 0.4) is 0 Å². The maximum absolute atomic E-state index is 13.1. The smallest absolute Gasteiger partial charge is 0.245 e. The Bertz CT molecular complexity index is 545. The van der Waals surface area contributed by atoms with Gasteiger partial charge < -0.3 is 10.2 Å². The van der Waals surface area contributed by atoms with Crippen LogP contribution in [0.5, 0.6) is 0 Å². The van der Waals surface area contributed by atoms with E-state index in [2.05, 4.69) is 5.32 Å². The van der Waals surface area contributed by atoms with Gasteiger partial charge in [-0.3, -0.25) is 9.59 Å². The number of hydrogen-bond acceptors (Lipinski definition) is 2. The summed E-state index contributed by atoms with van der Waals surface area (Å²) in [6.07, 6.45) is 1.60. The summed E-state index contributed by atoms with van der Waals surface area (Å²) in [5.41, 5.74) is 1.92. The Hall–Kier alpha value is -1.91. The molecule has 4 nitrogen and oxygen atoms in total. The maximum Gasteiger partial charge on any atom is 0.245 e. The van der Waals surface area contributed by atoms with E-state index in [1.807, 2.05) is 13.8 Å². The molecule has 1 heterocycles. The Balaban J connectivity index is 2.03. The van der Waals surface area contributed by atoms with Crippen molar-refractivity contribution in [1.29, 1.82) is 0 Å². The van der Waals surface area contributed by atoms with E-state index in [0.29, 0.717) is 32.4 Å². The second kappa shape index (κ2) is 6.70. The van der Waals surface area contributed by atoms with Gasteiger partial charge >= 0.3 is 0 Å². The molecule has 21 heavy (non-hydrogen) atoms. The number of nitrogens with zero attached hydrogens (tertiary/aromatic N) is 1. The number of carbonyl (C=O) groups is 2. The maximum atomic E-state index is 13.1. The zero-order chi connectivity index (χ0) is 15.4. The lowest BCUT2D eigenvalue weighted by Gasteiger charge is -2.23. The van der Waals surface area contributed by atoms with Gasteiger partial charge in [-0.1, -0.05) is 13.0 Å². The van der Waals surface area contributed by atoms with Gasteiger partial charge in [0.25, 0.3) is 0 Å². The molecule has 1 aliphatic heterocycles. The van der Waals surface area contributed by atoms with Crippen LogP contribution >= 0.6 is 0 Å². The van der Waals surface area contributed by atoms with Crippen molar-refractivity contribution in [3.8, 4) is 0 Å². The fraction of sp³-hybridized carbons (Fsp3) is 0.500. The lowest BCUT2D eigenvalue weighted by molar-refractivity contribution is -0.133. The number of rotatable bonds is 4. The minimum Gasteiger partial charge on any atom is -0.344 e. The summed E-state index contributed by atoms with van der Waals surface area (Å²) in [6, 6.07) is 4.27. The highest BCUT2D eigenvalue weighted by Crippen LogP contribution is 2.13. The topological polar surface area (TPSA) is 49.4 Å². The van der Waals surface area contributed by atoms with Crippen LogP contribution < -0.4 is 5.32 Å². The molecule has 1 aromatic carbocycles. The van der Waals surface area contributed by atoms with E-state index in [1.54, 1.807) is 11.0 Å². The second-order valence-corrected chi connectivity index (χ2v) is 5.42. The zero-order valence-electron chi connectivity index (χ0n) is 12.5. The van der Waals surface area contributed by atoms with Crippen LogP contribution in [0.1, 0.15) is 30.9 Å². The Morgan fingerprint density at radius 2 is 2.14 bits per heavy atom. The first-order chi connectivity index (χ1) is 10.0. The SMILES string of the molecule is CCC1NC(=O)CCN(CCc2ccc(F)cc2C)C1=O. The van der Waals surface area contributed by atoms with E-state index in [0.717, 1.165) is 11.1 Å². The minimum atomic E-state index is -0.422. The summed E-state index contributed by atoms with van der Waals surface area (Å²) >= 11 is 0. The highest BCUT2D eigenvalue weighted by molar-refractivity contribution is 5.89. The van der Waals surface area contributed by atoms with Crippen LogP contribution in [-0.4, -0.2) is 35.8 Å². The number of halogens is 1. The van der Waals surface area contributed by atoms with Crippen LogP contribution in [0, 0.1) is 12.7 Å². The molecule has 2 rings (SSSR count). The molecule has 0 bridgehead atoms. The summed E-state index contributed by atoms with van der Waals surface area (Å²) in [6.45, 7) is 4.75. The van der Waals surface area contributed by atoms with Crippen LogP contribution in [-0.2, 0) is 16.0 Å². The van der Waals surface area contributed by atoms with Crippen molar-refractivity contribution in [3.05, 3.63) is 35.1 Å². The summed E-state index contributed by atoms with van der Waals surface area (Å²) in [7, 11) is 0. The Morgan fingerprint density at radius 3 is 2.81 bits per heavy atom. The molecule has 1 aliphatic rings. The van der Waals surface area contributed by atoms with Crippen molar-refractivity contribution >= 4 is 11.8 Å². The van der Waals surface area contributed by atoms with Crippen LogP contribution in [0.4, 0.5) is 4.39 Å². The first-order valence-electron chi connectivity index (χ1n) is 7.34. The summed E-state index contributed by atoms with van der Waals surface area (Å²) in [5, 5.41) is 2.75. The molecule has 1 saturated heterocycles. The van der Waals surface area contributed by atoms with Gasteiger partial charge in [-0.2, -0.15) is 0 Å².